The summed E-state index contributed by atoms with van der Waals surface area (Å²) in [6.45, 7) is 0. The van der Waals surface area contributed by atoms with Crippen LogP contribution in [0.5, 0.6) is 0 Å². The SMILES string of the molecule is N#Cc1ccc(S/C=C(\N=C(N)n2c3ccc(C#N)cc3c3ccc4c5cc(C#N)ccc5n(-c5ccccc5)c4c32)c2ccccc2)cc1. The summed E-state index contributed by atoms with van der Waals surface area (Å²) in [6, 6.07) is 49.6. The molecule has 0 bridgehead atoms. The summed E-state index contributed by atoms with van der Waals surface area (Å²) in [5.41, 5.74) is 14.8. The quantitative estimate of drug-likeness (QED) is 0.112. The number of aromatic nitrogens is 2. The standard InChI is InChI=1S/C42H25N7S/c43-23-27-11-15-32(16-12-27)50-26-37(30-7-3-1-4-8-30)47-42(46)49-39-20-14-29(25-45)22-36(39)34-18-17-33-35-21-28(24-44)13-19-38(35)48(40(33)41(34)49)31-9-5-2-6-10-31/h1-22,26H,(H2,46,47)/b37-26-. The molecule has 0 saturated heterocycles. The molecule has 0 spiro atoms. The summed E-state index contributed by atoms with van der Waals surface area (Å²) in [5.74, 6) is 0.250. The first-order valence-electron chi connectivity index (χ1n) is 15.8. The lowest BCUT2D eigenvalue weighted by atomic mass is 10.1. The third-order valence-corrected chi connectivity index (χ3v) is 9.64. The van der Waals surface area contributed by atoms with Crippen molar-refractivity contribution in [3.05, 3.63) is 161 Å². The minimum Gasteiger partial charge on any atom is -0.369 e. The van der Waals surface area contributed by atoms with Gasteiger partial charge in [-0.2, -0.15) is 15.8 Å². The van der Waals surface area contributed by atoms with Crippen molar-refractivity contribution in [2.45, 2.75) is 4.90 Å². The topological polar surface area (TPSA) is 120 Å². The van der Waals surface area contributed by atoms with Crippen molar-refractivity contribution in [1.29, 1.82) is 15.8 Å². The van der Waals surface area contributed by atoms with Crippen molar-refractivity contribution in [2.24, 2.45) is 10.7 Å². The van der Waals surface area contributed by atoms with E-state index in [1.807, 2.05) is 101 Å². The second-order valence-corrected chi connectivity index (χ2v) is 12.6. The average molecular weight is 660 g/mol. The first-order chi connectivity index (χ1) is 24.6. The number of rotatable bonds is 5. The maximum Gasteiger partial charge on any atom is 0.205 e. The zero-order valence-electron chi connectivity index (χ0n) is 26.4. The lowest BCUT2D eigenvalue weighted by Gasteiger charge is -2.12. The molecule has 2 N–H and O–H groups in total. The fraction of sp³-hybridized carbons (Fsp3) is 0. The summed E-state index contributed by atoms with van der Waals surface area (Å²) >= 11 is 1.49. The van der Waals surface area contributed by atoms with Crippen molar-refractivity contribution in [3.8, 4) is 23.9 Å². The van der Waals surface area contributed by atoms with Crippen molar-refractivity contribution < 1.29 is 0 Å². The van der Waals surface area contributed by atoms with E-state index in [9.17, 15) is 15.8 Å². The fourth-order valence-corrected chi connectivity index (χ4v) is 7.23. The molecule has 8 rings (SSSR count). The number of thioether (sulfide) groups is 1. The highest BCUT2D eigenvalue weighted by molar-refractivity contribution is 8.02. The lowest BCUT2D eigenvalue weighted by Crippen LogP contribution is -2.22. The number of benzene rings is 6. The molecular weight excluding hydrogens is 635 g/mol. The molecule has 0 radical (unpaired) electrons. The molecule has 0 saturated carbocycles. The van der Waals surface area contributed by atoms with E-state index in [0.29, 0.717) is 22.4 Å². The lowest BCUT2D eigenvalue weighted by molar-refractivity contribution is 1.16. The van der Waals surface area contributed by atoms with Crippen molar-refractivity contribution in [3.63, 3.8) is 0 Å². The van der Waals surface area contributed by atoms with Gasteiger partial charge < -0.3 is 10.3 Å². The Labute approximate surface area is 291 Å². The molecule has 0 aliphatic rings. The first kappa shape index (κ1) is 30.3. The Hall–Kier alpha value is -7.05. The first-order valence-corrected chi connectivity index (χ1v) is 16.6. The molecule has 0 aliphatic carbocycles. The van der Waals surface area contributed by atoms with Crippen LogP contribution in [0, 0.1) is 34.0 Å². The maximum atomic E-state index is 9.86. The van der Waals surface area contributed by atoms with Crippen LogP contribution in [0.15, 0.2) is 149 Å². The van der Waals surface area contributed by atoms with Gasteiger partial charge in [0, 0.05) is 43.1 Å². The molecule has 0 fully saturated rings. The fourth-order valence-electron chi connectivity index (χ4n) is 6.50. The van der Waals surface area contributed by atoms with Gasteiger partial charge in [-0.3, -0.25) is 4.57 Å². The Bertz CT molecular complexity index is 2810. The van der Waals surface area contributed by atoms with E-state index >= 15 is 0 Å². The van der Waals surface area contributed by atoms with Gasteiger partial charge in [0.15, 0.2) is 0 Å². The third-order valence-electron chi connectivity index (χ3n) is 8.75. The van der Waals surface area contributed by atoms with Crippen LogP contribution in [0.4, 0.5) is 0 Å². The maximum absolute atomic E-state index is 9.86. The summed E-state index contributed by atoms with van der Waals surface area (Å²) in [5, 5.41) is 34.6. The summed E-state index contributed by atoms with van der Waals surface area (Å²) in [4.78, 5) is 6.06. The van der Waals surface area contributed by atoms with Crippen LogP contribution >= 0.6 is 11.8 Å². The molecule has 8 aromatic rings. The number of para-hydroxylation sites is 1. The number of nitrogens with zero attached hydrogens (tertiary/aromatic N) is 6. The van der Waals surface area contributed by atoms with Gasteiger partial charge in [-0.15, -0.1) is 0 Å². The van der Waals surface area contributed by atoms with E-state index in [2.05, 4.69) is 47.0 Å². The van der Waals surface area contributed by atoms with Crippen LogP contribution in [0.25, 0.3) is 55.0 Å². The van der Waals surface area contributed by atoms with Gasteiger partial charge in [-0.05, 0) is 72.8 Å². The molecule has 2 heterocycles. The number of nitrogens with two attached hydrogens (primary N) is 1. The van der Waals surface area contributed by atoms with Gasteiger partial charge in [0.05, 0.1) is 62.7 Å². The van der Waals surface area contributed by atoms with E-state index in [1.165, 1.54) is 11.8 Å². The molecular formula is C42H25N7S. The highest BCUT2D eigenvalue weighted by atomic mass is 32.2. The molecule has 8 heteroatoms. The minimum atomic E-state index is 0.250. The molecule has 0 atom stereocenters. The Kier molecular flexibility index (Phi) is 7.59. The van der Waals surface area contributed by atoms with Crippen LogP contribution in [-0.4, -0.2) is 15.1 Å². The van der Waals surface area contributed by atoms with Crippen LogP contribution in [-0.2, 0) is 0 Å². The number of hydrogen-bond acceptors (Lipinski definition) is 5. The smallest absolute Gasteiger partial charge is 0.205 e. The Balaban J connectivity index is 1.45. The molecule has 50 heavy (non-hydrogen) atoms. The van der Waals surface area contributed by atoms with E-state index in [-0.39, 0.29) is 5.96 Å². The van der Waals surface area contributed by atoms with E-state index < -0.39 is 0 Å². The van der Waals surface area contributed by atoms with Crippen molar-refractivity contribution >= 4 is 67.0 Å². The monoisotopic (exact) mass is 659 g/mol. The van der Waals surface area contributed by atoms with Crippen LogP contribution < -0.4 is 5.73 Å². The normalized spacial score (nSPS) is 11.9. The van der Waals surface area contributed by atoms with E-state index in [0.717, 1.165) is 59.8 Å². The second kappa shape index (κ2) is 12.5. The number of hydrogen-bond donors (Lipinski definition) is 1. The van der Waals surface area contributed by atoms with Gasteiger partial charge in [0.1, 0.15) is 0 Å². The Morgan fingerprint density at radius 2 is 1.16 bits per heavy atom. The zero-order valence-corrected chi connectivity index (χ0v) is 27.3. The number of aliphatic imine (C=N–C) groups is 1. The largest absolute Gasteiger partial charge is 0.369 e. The third kappa shape index (κ3) is 5.12. The molecule has 0 aliphatic heterocycles. The highest BCUT2D eigenvalue weighted by Crippen LogP contribution is 2.41. The highest BCUT2D eigenvalue weighted by Gasteiger charge is 2.22. The van der Waals surface area contributed by atoms with Crippen molar-refractivity contribution in [1.82, 2.24) is 9.13 Å². The van der Waals surface area contributed by atoms with Crippen LogP contribution in [0.1, 0.15) is 22.3 Å². The predicted octanol–water partition coefficient (Wildman–Crippen LogP) is 9.46. The molecule has 7 nitrogen and oxygen atoms in total. The summed E-state index contributed by atoms with van der Waals surface area (Å²) < 4.78 is 4.18. The second-order valence-electron chi connectivity index (χ2n) is 11.6. The van der Waals surface area contributed by atoms with Gasteiger partial charge in [0.2, 0.25) is 5.96 Å². The Morgan fingerprint density at radius 1 is 0.600 bits per heavy atom. The van der Waals surface area contributed by atoms with Gasteiger partial charge in [-0.1, -0.05) is 72.4 Å². The van der Waals surface area contributed by atoms with Gasteiger partial charge >= 0.3 is 0 Å². The average Bonchev–Trinajstić information content (AvgIpc) is 3.69. The van der Waals surface area contributed by atoms with Crippen molar-refractivity contribution in [2.75, 3.05) is 0 Å². The number of nitriles is 3. The molecule has 0 unspecified atom stereocenters. The van der Waals surface area contributed by atoms with Gasteiger partial charge in [-0.25, -0.2) is 4.99 Å². The van der Waals surface area contributed by atoms with Gasteiger partial charge in [0.25, 0.3) is 0 Å². The summed E-state index contributed by atoms with van der Waals surface area (Å²) in [7, 11) is 0. The van der Waals surface area contributed by atoms with Crippen LogP contribution in [0.2, 0.25) is 0 Å². The van der Waals surface area contributed by atoms with Crippen LogP contribution in [0.3, 0.4) is 0 Å². The Morgan fingerprint density at radius 3 is 1.80 bits per heavy atom. The predicted molar refractivity (Wildman–Crippen MR) is 202 cm³/mol. The van der Waals surface area contributed by atoms with E-state index in [4.69, 9.17) is 10.7 Å². The molecule has 0 amide bonds. The van der Waals surface area contributed by atoms with E-state index in [1.54, 1.807) is 18.2 Å². The minimum absolute atomic E-state index is 0.250. The molecule has 234 valence electrons. The zero-order chi connectivity index (χ0) is 34.2. The molecule has 2 aromatic heterocycles. The number of fused-ring (bicyclic) bond motifs is 7. The molecule has 6 aromatic carbocycles. The summed E-state index contributed by atoms with van der Waals surface area (Å²) in [6.07, 6.45) is 0.